The molecular weight excluding hydrogens is 366 g/mol. The molecule has 2 nitrogen and oxygen atoms in total. The molecule has 3 aromatic carbocycles. The summed E-state index contributed by atoms with van der Waals surface area (Å²) in [6, 6.07) is 31.0. The van der Waals surface area contributed by atoms with Gasteiger partial charge in [-0.25, -0.2) is 0 Å². The molecular formula is C28H29NO. The second kappa shape index (κ2) is 8.48. The van der Waals surface area contributed by atoms with Crippen LogP contribution in [0.4, 0.5) is 0 Å². The molecule has 30 heavy (non-hydrogen) atoms. The molecule has 1 N–H and O–H groups in total. The Morgan fingerprint density at radius 3 is 1.53 bits per heavy atom. The molecule has 0 bridgehead atoms. The molecule has 1 saturated heterocycles. The molecule has 152 valence electrons. The van der Waals surface area contributed by atoms with Crippen LogP contribution in [0.15, 0.2) is 91.0 Å². The van der Waals surface area contributed by atoms with Crippen LogP contribution in [-0.4, -0.2) is 22.7 Å². The number of nitrogens with zero attached hydrogens (tertiary/aromatic N) is 1. The summed E-state index contributed by atoms with van der Waals surface area (Å²) < 4.78 is 0. The first-order valence-corrected chi connectivity index (χ1v) is 10.6. The molecule has 0 saturated carbocycles. The van der Waals surface area contributed by atoms with E-state index in [4.69, 9.17) is 0 Å². The van der Waals surface area contributed by atoms with Gasteiger partial charge < -0.3 is 5.11 Å². The van der Waals surface area contributed by atoms with Crippen molar-refractivity contribution in [2.75, 3.05) is 7.05 Å². The topological polar surface area (TPSA) is 23.5 Å². The van der Waals surface area contributed by atoms with Gasteiger partial charge in [0.1, 0.15) is 5.60 Å². The zero-order valence-electron chi connectivity index (χ0n) is 17.9. The molecule has 1 heterocycles. The standard InChI is InChI=1S/C28H29NO/c1-21-26(24-15-9-5-10-16-24)29(3)27(25-17-11-6-12-18-25)22(2)28(21,30)20-19-23-13-7-4-8-14-23/h4-18,21-22,26-27,30H,1-3H3/t21-,22-,26-,27+,28?/m0/s1. The minimum absolute atomic E-state index is 0.0580. The van der Waals surface area contributed by atoms with Crippen molar-refractivity contribution in [1.82, 2.24) is 4.90 Å². The first-order chi connectivity index (χ1) is 14.5. The Balaban J connectivity index is 1.83. The molecule has 0 amide bonds. The third-order valence-electron chi connectivity index (χ3n) is 6.68. The normalized spacial score (nSPS) is 29.1. The second-order valence-corrected chi connectivity index (χ2v) is 8.40. The molecule has 3 aromatic rings. The zero-order chi connectivity index (χ0) is 21.1. The predicted molar refractivity (Wildman–Crippen MR) is 123 cm³/mol. The fourth-order valence-corrected chi connectivity index (χ4v) is 5.04. The van der Waals surface area contributed by atoms with Gasteiger partial charge in [0.2, 0.25) is 0 Å². The Bertz CT molecular complexity index is 966. The molecule has 1 aliphatic rings. The summed E-state index contributed by atoms with van der Waals surface area (Å²) in [6.45, 7) is 4.26. The van der Waals surface area contributed by atoms with Crippen LogP contribution >= 0.6 is 0 Å². The SMILES string of the molecule is C[C@H]1[C@@H](c2ccccc2)N(C)[C@@H](c2ccccc2)[C@H](C)C1(O)C#Cc1ccccc1. The van der Waals surface area contributed by atoms with Gasteiger partial charge in [-0.05, 0) is 30.3 Å². The van der Waals surface area contributed by atoms with Crippen LogP contribution in [-0.2, 0) is 0 Å². The lowest BCUT2D eigenvalue weighted by atomic mass is 9.65. The number of piperidine rings is 1. The van der Waals surface area contributed by atoms with Gasteiger partial charge >= 0.3 is 0 Å². The summed E-state index contributed by atoms with van der Waals surface area (Å²) in [6.07, 6.45) is 0. The number of likely N-dealkylation sites (tertiary alicyclic amines) is 1. The number of aliphatic hydroxyl groups is 1. The van der Waals surface area contributed by atoms with E-state index in [9.17, 15) is 5.11 Å². The third-order valence-corrected chi connectivity index (χ3v) is 6.68. The maximum atomic E-state index is 12.1. The summed E-state index contributed by atoms with van der Waals surface area (Å²) >= 11 is 0. The number of hydrogen-bond acceptors (Lipinski definition) is 2. The Labute approximate surface area is 180 Å². The number of hydrogen-bond donors (Lipinski definition) is 1. The predicted octanol–water partition coefficient (Wildman–Crippen LogP) is 5.47. The number of rotatable bonds is 2. The number of benzene rings is 3. The van der Waals surface area contributed by atoms with E-state index >= 15 is 0 Å². The maximum Gasteiger partial charge on any atom is 0.134 e. The Kier molecular flexibility index (Phi) is 5.77. The van der Waals surface area contributed by atoms with Gasteiger partial charge in [0.25, 0.3) is 0 Å². The second-order valence-electron chi connectivity index (χ2n) is 8.40. The molecule has 4 rings (SSSR count). The highest BCUT2D eigenvalue weighted by atomic mass is 16.3. The van der Waals surface area contributed by atoms with Crippen LogP contribution in [0.2, 0.25) is 0 Å². The van der Waals surface area contributed by atoms with Gasteiger partial charge in [0, 0.05) is 29.5 Å². The highest BCUT2D eigenvalue weighted by Crippen LogP contribution is 2.51. The van der Waals surface area contributed by atoms with Crippen molar-refractivity contribution < 1.29 is 5.11 Å². The summed E-state index contributed by atoms with van der Waals surface area (Å²) in [5, 5.41) is 12.1. The molecule has 1 fully saturated rings. The molecule has 1 unspecified atom stereocenters. The summed E-state index contributed by atoms with van der Waals surface area (Å²) in [7, 11) is 2.17. The molecule has 5 atom stereocenters. The Morgan fingerprint density at radius 2 is 1.10 bits per heavy atom. The molecule has 0 radical (unpaired) electrons. The van der Waals surface area contributed by atoms with Gasteiger partial charge in [-0.2, -0.15) is 0 Å². The van der Waals surface area contributed by atoms with Crippen molar-refractivity contribution in [2.24, 2.45) is 11.8 Å². The van der Waals surface area contributed by atoms with Gasteiger partial charge in [0.15, 0.2) is 0 Å². The van der Waals surface area contributed by atoms with Crippen LogP contribution in [0.5, 0.6) is 0 Å². The minimum Gasteiger partial charge on any atom is -0.377 e. The monoisotopic (exact) mass is 395 g/mol. The van der Waals surface area contributed by atoms with Crippen molar-refractivity contribution in [1.29, 1.82) is 0 Å². The van der Waals surface area contributed by atoms with Gasteiger partial charge in [-0.1, -0.05) is 105 Å². The van der Waals surface area contributed by atoms with E-state index in [0.717, 1.165) is 5.56 Å². The lowest BCUT2D eigenvalue weighted by Gasteiger charge is -2.54. The Morgan fingerprint density at radius 1 is 0.700 bits per heavy atom. The van der Waals surface area contributed by atoms with E-state index in [1.54, 1.807) is 0 Å². The average molecular weight is 396 g/mol. The van der Waals surface area contributed by atoms with Gasteiger partial charge in [-0.15, -0.1) is 0 Å². The lowest BCUT2D eigenvalue weighted by Crippen LogP contribution is -2.57. The van der Waals surface area contributed by atoms with Crippen molar-refractivity contribution in [2.45, 2.75) is 31.5 Å². The summed E-state index contributed by atoms with van der Waals surface area (Å²) in [5.74, 6) is 6.45. The van der Waals surface area contributed by atoms with E-state index in [0.29, 0.717) is 0 Å². The van der Waals surface area contributed by atoms with Crippen molar-refractivity contribution in [3.05, 3.63) is 108 Å². The smallest absolute Gasteiger partial charge is 0.134 e. The van der Waals surface area contributed by atoms with Crippen LogP contribution in [0, 0.1) is 23.7 Å². The quantitative estimate of drug-likeness (QED) is 0.582. The summed E-state index contributed by atoms with van der Waals surface area (Å²) in [5.41, 5.74) is 2.22. The first kappa shape index (κ1) is 20.4. The van der Waals surface area contributed by atoms with E-state index in [-0.39, 0.29) is 23.9 Å². The van der Waals surface area contributed by atoms with Gasteiger partial charge in [-0.3, -0.25) is 4.90 Å². The Hall–Kier alpha value is -2.86. The molecule has 0 aliphatic carbocycles. The zero-order valence-corrected chi connectivity index (χ0v) is 17.9. The fraction of sp³-hybridized carbons (Fsp3) is 0.286. The van der Waals surface area contributed by atoms with E-state index in [2.05, 4.69) is 86.2 Å². The van der Waals surface area contributed by atoms with E-state index in [1.807, 2.05) is 42.5 Å². The van der Waals surface area contributed by atoms with Crippen LogP contribution in [0.1, 0.15) is 42.6 Å². The maximum absolute atomic E-state index is 12.1. The third kappa shape index (κ3) is 3.67. The van der Waals surface area contributed by atoms with Crippen LogP contribution < -0.4 is 0 Å². The van der Waals surface area contributed by atoms with Crippen molar-refractivity contribution >= 4 is 0 Å². The average Bonchev–Trinajstić information content (AvgIpc) is 2.79. The summed E-state index contributed by atoms with van der Waals surface area (Å²) in [4.78, 5) is 2.42. The first-order valence-electron chi connectivity index (χ1n) is 10.6. The highest BCUT2D eigenvalue weighted by Gasteiger charge is 2.53. The lowest BCUT2D eigenvalue weighted by molar-refractivity contribution is -0.119. The van der Waals surface area contributed by atoms with Crippen LogP contribution in [0.25, 0.3) is 0 Å². The van der Waals surface area contributed by atoms with E-state index < -0.39 is 5.60 Å². The van der Waals surface area contributed by atoms with Crippen LogP contribution in [0.3, 0.4) is 0 Å². The molecule has 0 spiro atoms. The minimum atomic E-state index is -1.12. The van der Waals surface area contributed by atoms with Crippen molar-refractivity contribution in [3.8, 4) is 11.8 Å². The van der Waals surface area contributed by atoms with Crippen molar-refractivity contribution in [3.63, 3.8) is 0 Å². The highest BCUT2D eigenvalue weighted by molar-refractivity contribution is 5.39. The molecule has 2 heteroatoms. The molecule has 0 aromatic heterocycles. The van der Waals surface area contributed by atoms with Gasteiger partial charge in [0.05, 0.1) is 0 Å². The molecule has 1 aliphatic heterocycles. The van der Waals surface area contributed by atoms with E-state index in [1.165, 1.54) is 11.1 Å². The largest absolute Gasteiger partial charge is 0.377 e. The fourth-order valence-electron chi connectivity index (χ4n) is 5.04.